The molecule has 0 bridgehead atoms. The van der Waals surface area contributed by atoms with Crippen molar-refractivity contribution in [3.63, 3.8) is 0 Å². The highest BCUT2D eigenvalue weighted by atomic mass is 16.7. The Labute approximate surface area is 111 Å². The summed E-state index contributed by atoms with van der Waals surface area (Å²) in [4.78, 5) is 13.3. The van der Waals surface area contributed by atoms with Crippen LogP contribution in [0.5, 0.6) is 11.5 Å². The molecule has 19 heavy (non-hydrogen) atoms. The SMILES string of the molecule is C[C@@H]1CN(Cc2ccc3c(c2)OCO3)C[C@H]1C(=O)O. The topological polar surface area (TPSA) is 59.0 Å². The van der Waals surface area contributed by atoms with Gasteiger partial charge in [-0.15, -0.1) is 0 Å². The van der Waals surface area contributed by atoms with Crippen molar-refractivity contribution in [3.8, 4) is 11.5 Å². The second-order valence-corrected chi connectivity index (χ2v) is 5.30. The molecule has 2 heterocycles. The zero-order valence-corrected chi connectivity index (χ0v) is 10.8. The van der Waals surface area contributed by atoms with Crippen LogP contribution in [0.4, 0.5) is 0 Å². The molecule has 0 aliphatic carbocycles. The number of carbonyl (C=O) groups is 1. The maximum atomic E-state index is 11.1. The Balaban J connectivity index is 1.68. The van der Waals surface area contributed by atoms with Crippen molar-refractivity contribution in [2.75, 3.05) is 19.9 Å². The maximum absolute atomic E-state index is 11.1. The van der Waals surface area contributed by atoms with Crippen LogP contribution in [0.15, 0.2) is 18.2 Å². The molecule has 0 spiro atoms. The third-order valence-corrected chi connectivity index (χ3v) is 3.85. The number of likely N-dealkylation sites (tertiary alicyclic amines) is 1. The van der Waals surface area contributed by atoms with Crippen LogP contribution in [-0.2, 0) is 11.3 Å². The van der Waals surface area contributed by atoms with Crippen LogP contribution in [0.2, 0.25) is 0 Å². The number of aliphatic carboxylic acids is 1. The largest absolute Gasteiger partial charge is 0.481 e. The first-order chi connectivity index (χ1) is 9.13. The van der Waals surface area contributed by atoms with E-state index in [1.807, 2.05) is 25.1 Å². The minimum absolute atomic E-state index is 0.200. The molecule has 1 fully saturated rings. The van der Waals surface area contributed by atoms with Gasteiger partial charge in [0.15, 0.2) is 11.5 Å². The van der Waals surface area contributed by atoms with Crippen molar-refractivity contribution in [1.29, 1.82) is 0 Å². The molecule has 5 nitrogen and oxygen atoms in total. The van der Waals surface area contributed by atoms with Crippen LogP contribution in [0.1, 0.15) is 12.5 Å². The first kappa shape index (κ1) is 12.3. The number of nitrogens with zero attached hydrogens (tertiary/aromatic N) is 1. The molecule has 3 rings (SSSR count). The van der Waals surface area contributed by atoms with Gasteiger partial charge in [0.05, 0.1) is 5.92 Å². The first-order valence-corrected chi connectivity index (χ1v) is 6.47. The highest BCUT2D eigenvalue weighted by molar-refractivity contribution is 5.71. The van der Waals surface area contributed by atoms with Gasteiger partial charge in [0.2, 0.25) is 6.79 Å². The number of fused-ring (bicyclic) bond motifs is 1. The number of ether oxygens (including phenoxy) is 2. The summed E-state index contributed by atoms with van der Waals surface area (Å²) in [5, 5.41) is 9.13. The molecule has 1 saturated heterocycles. The van der Waals surface area contributed by atoms with Crippen LogP contribution in [-0.4, -0.2) is 35.9 Å². The number of carboxylic acid groups (broad SMARTS) is 1. The Morgan fingerprint density at radius 2 is 2.16 bits per heavy atom. The molecule has 0 aromatic heterocycles. The lowest BCUT2D eigenvalue weighted by molar-refractivity contribution is -0.142. The minimum Gasteiger partial charge on any atom is -0.481 e. The summed E-state index contributed by atoms with van der Waals surface area (Å²) >= 11 is 0. The molecule has 102 valence electrons. The lowest BCUT2D eigenvalue weighted by Gasteiger charge is -2.15. The molecule has 0 amide bonds. The quantitative estimate of drug-likeness (QED) is 0.897. The molecule has 2 aliphatic heterocycles. The van der Waals surface area contributed by atoms with Gasteiger partial charge in [0.1, 0.15) is 0 Å². The third-order valence-electron chi connectivity index (χ3n) is 3.85. The molecule has 2 atom stereocenters. The van der Waals surface area contributed by atoms with Crippen LogP contribution < -0.4 is 9.47 Å². The van der Waals surface area contributed by atoms with Gasteiger partial charge >= 0.3 is 5.97 Å². The molecule has 1 N–H and O–H groups in total. The lowest BCUT2D eigenvalue weighted by Crippen LogP contribution is -2.23. The van der Waals surface area contributed by atoms with Crippen LogP contribution in [0, 0.1) is 11.8 Å². The predicted molar refractivity (Wildman–Crippen MR) is 68.1 cm³/mol. The number of carboxylic acids is 1. The third kappa shape index (κ3) is 2.38. The van der Waals surface area contributed by atoms with E-state index >= 15 is 0 Å². The van der Waals surface area contributed by atoms with E-state index in [4.69, 9.17) is 14.6 Å². The summed E-state index contributed by atoms with van der Waals surface area (Å²) < 4.78 is 10.6. The monoisotopic (exact) mass is 263 g/mol. The van der Waals surface area contributed by atoms with Crippen molar-refractivity contribution in [1.82, 2.24) is 4.90 Å². The Kier molecular flexibility index (Phi) is 3.06. The van der Waals surface area contributed by atoms with Crippen molar-refractivity contribution in [2.45, 2.75) is 13.5 Å². The normalized spacial score (nSPS) is 25.7. The van der Waals surface area contributed by atoms with E-state index in [1.54, 1.807) is 0 Å². The van der Waals surface area contributed by atoms with E-state index < -0.39 is 5.97 Å². The van der Waals surface area contributed by atoms with Gasteiger partial charge in [-0.25, -0.2) is 0 Å². The average molecular weight is 263 g/mol. The van der Waals surface area contributed by atoms with Gasteiger partial charge in [-0.2, -0.15) is 0 Å². The lowest BCUT2D eigenvalue weighted by atomic mass is 9.99. The number of benzene rings is 1. The smallest absolute Gasteiger partial charge is 0.308 e. The van der Waals surface area contributed by atoms with Crippen molar-refractivity contribution in [3.05, 3.63) is 23.8 Å². The number of rotatable bonds is 3. The molecule has 1 aromatic carbocycles. The Morgan fingerprint density at radius 1 is 1.37 bits per heavy atom. The molecular formula is C14H17NO4. The summed E-state index contributed by atoms with van der Waals surface area (Å²) in [6.45, 7) is 4.47. The van der Waals surface area contributed by atoms with Crippen LogP contribution >= 0.6 is 0 Å². The summed E-state index contributed by atoms with van der Waals surface area (Å²) in [7, 11) is 0. The first-order valence-electron chi connectivity index (χ1n) is 6.47. The molecule has 1 aromatic rings. The van der Waals surface area contributed by atoms with E-state index in [0.29, 0.717) is 6.54 Å². The van der Waals surface area contributed by atoms with E-state index in [9.17, 15) is 4.79 Å². The molecule has 5 heteroatoms. The van der Waals surface area contributed by atoms with Crippen molar-refractivity contribution in [2.24, 2.45) is 11.8 Å². The Hall–Kier alpha value is -1.75. The highest BCUT2D eigenvalue weighted by Crippen LogP contribution is 2.33. The van der Waals surface area contributed by atoms with E-state index in [2.05, 4.69) is 4.90 Å². The van der Waals surface area contributed by atoms with Gasteiger partial charge in [-0.05, 0) is 23.6 Å². The molecule has 0 radical (unpaired) electrons. The van der Waals surface area contributed by atoms with Gasteiger partial charge in [0.25, 0.3) is 0 Å². The summed E-state index contributed by atoms with van der Waals surface area (Å²) in [5.74, 6) is 0.808. The fourth-order valence-electron chi connectivity index (χ4n) is 2.82. The Bertz CT molecular complexity index is 502. The van der Waals surface area contributed by atoms with Crippen molar-refractivity contribution >= 4 is 5.97 Å². The minimum atomic E-state index is -0.694. The molecule has 0 saturated carbocycles. The number of hydrogen-bond acceptors (Lipinski definition) is 4. The molecular weight excluding hydrogens is 246 g/mol. The molecule has 0 unspecified atom stereocenters. The van der Waals surface area contributed by atoms with Gasteiger partial charge in [0, 0.05) is 19.6 Å². The zero-order chi connectivity index (χ0) is 13.4. The van der Waals surface area contributed by atoms with Gasteiger partial charge < -0.3 is 14.6 Å². The van der Waals surface area contributed by atoms with Gasteiger partial charge in [-0.3, -0.25) is 9.69 Å². The maximum Gasteiger partial charge on any atom is 0.308 e. The summed E-state index contributed by atoms with van der Waals surface area (Å²) in [6.07, 6.45) is 0. The fourth-order valence-corrected chi connectivity index (χ4v) is 2.82. The zero-order valence-electron chi connectivity index (χ0n) is 10.8. The predicted octanol–water partition coefficient (Wildman–Crippen LogP) is 1.57. The Morgan fingerprint density at radius 3 is 2.89 bits per heavy atom. The molecule has 2 aliphatic rings. The number of hydrogen-bond donors (Lipinski definition) is 1. The second-order valence-electron chi connectivity index (χ2n) is 5.30. The summed E-state index contributed by atoms with van der Waals surface area (Å²) in [5.41, 5.74) is 1.13. The van der Waals surface area contributed by atoms with E-state index in [0.717, 1.165) is 30.2 Å². The standard InChI is InChI=1S/C14H17NO4/c1-9-5-15(7-11(9)14(16)17)6-10-2-3-12-13(4-10)19-8-18-12/h2-4,9,11H,5-8H2,1H3,(H,16,17)/t9-,11-/m1/s1. The summed E-state index contributed by atoms with van der Waals surface area (Å²) in [6, 6.07) is 5.89. The average Bonchev–Trinajstić information content (AvgIpc) is 2.95. The van der Waals surface area contributed by atoms with E-state index in [1.165, 1.54) is 0 Å². The van der Waals surface area contributed by atoms with E-state index in [-0.39, 0.29) is 18.6 Å². The van der Waals surface area contributed by atoms with Gasteiger partial charge in [-0.1, -0.05) is 13.0 Å². The second kappa shape index (κ2) is 4.74. The highest BCUT2D eigenvalue weighted by Gasteiger charge is 2.34. The van der Waals surface area contributed by atoms with Crippen LogP contribution in [0.25, 0.3) is 0 Å². The fraction of sp³-hybridized carbons (Fsp3) is 0.500. The van der Waals surface area contributed by atoms with Crippen molar-refractivity contribution < 1.29 is 19.4 Å². The van der Waals surface area contributed by atoms with Crippen LogP contribution in [0.3, 0.4) is 0 Å².